The number of benzene rings is 1. The third kappa shape index (κ3) is 3.48. The van der Waals surface area contributed by atoms with Gasteiger partial charge in [0.05, 0.1) is 5.02 Å². The van der Waals surface area contributed by atoms with Gasteiger partial charge in [-0.25, -0.2) is 4.39 Å². The highest BCUT2D eigenvalue weighted by atomic mass is 35.5. The highest BCUT2D eigenvalue weighted by Crippen LogP contribution is 2.20. The lowest BCUT2D eigenvalue weighted by atomic mass is 9.99. The zero-order valence-electron chi connectivity index (χ0n) is 11.2. The smallest absolute Gasteiger partial charge is 0.313 e. The largest absolute Gasteiger partial charge is 0.334 e. The lowest BCUT2D eigenvalue weighted by Crippen LogP contribution is -2.43. The summed E-state index contributed by atoms with van der Waals surface area (Å²) in [5.74, 6) is -1.27. The Morgan fingerprint density at radius 3 is 2.60 bits per heavy atom. The van der Waals surface area contributed by atoms with Gasteiger partial charge >= 0.3 is 11.8 Å². The summed E-state index contributed by atoms with van der Waals surface area (Å²) in [5.41, 5.74) is 0.306. The van der Waals surface area contributed by atoms with Crippen molar-refractivity contribution in [2.24, 2.45) is 5.92 Å². The van der Waals surface area contributed by atoms with Crippen molar-refractivity contribution < 1.29 is 14.0 Å². The predicted molar refractivity (Wildman–Crippen MR) is 75.0 cm³/mol. The maximum absolute atomic E-state index is 13.0. The van der Waals surface area contributed by atoms with Crippen molar-refractivity contribution in [2.45, 2.75) is 19.8 Å². The summed E-state index contributed by atoms with van der Waals surface area (Å²) in [6.45, 7) is 3.32. The van der Waals surface area contributed by atoms with Crippen LogP contribution in [-0.2, 0) is 9.59 Å². The number of halogens is 2. The number of nitrogens with one attached hydrogen (secondary N) is 1. The molecular weight excluding hydrogens is 283 g/mol. The highest BCUT2D eigenvalue weighted by molar-refractivity contribution is 6.39. The Morgan fingerprint density at radius 1 is 1.35 bits per heavy atom. The Labute approximate surface area is 121 Å². The monoisotopic (exact) mass is 298 g/mol. The molecule has 1 fully saturated rings. The molecule has 4 nitrogen and oxygen atoms in total. The number of rotatable bonds is 1. The van der Waals surface area contributed by atoms with Crippen molar-refractivity contribution in [3.8, 4) is 0 Å². The van der Waals surface area contributed by atoms with E-state index in [4.69, 9.17) is 11.6 Å². The van der Waals surface area contributed by atoms with E-state index >= 15 is 0 Å². The van der Waals surface area contributed by atoms with Crippen molar-refractivity contribution in [1.29, 1.82) is 0 Å². The van der Waals surface area contributed by atoms with Crippen LogP contribution < -0.4 is 5.32 Å². The van der Waals surface area contributed by atoms with Crippen molar-refractivity contribution in [2.75, 3.05) is 18.4 Å². The van der Waals surface area contributed by atoms with Gasteiger partial charge in [0.25, 0.3) is 0 Å². The summed E-state index contributed by atoms with van der Waals surface area (Å²) >= 11 is 5.62. The number of likely N-dealkylation sites (tertiary alicyclic amines) is 1. The van der Waals surface area contributed by atoms with Gasteiger partial charge in [-0.2, -0.15) is 0 Å². The van der Waals surface area contributed by atoms with Gasteiger partial charge in [-0.05, 0) is 37.0 Å². The zero-order chi connectivity index (χ0) is 14.7. The van der Waals surface area contributed by atoms with Gasteiger partial charge in [0.1, 0.15) is 5.82 Å². The van der Waals surface area contributed by atoms with E-state index in [1.807, 2.05) is 0 Å². The van der Waals surface area contributed by atoms with Crippen molar-refractivity contribution >= 4 is 29.1 Å². The number of hydrogen-bond acceptors (Lipinski definition) is 2. The standard InChI is InChI=1S/C14H16ClFN2O2/c1-9-4-6-18(7-5-9)14(20)13(19)17-10-2-3-12(16)11(15)8-10/h2-3,8-9H,4-7H2,1H3,(H,17,19). The molecule has 2 rings (SSSR count). The number of carbonyl (C=O) groups excluding carboxylic acids is 2. The molecule has 0 radical (unpaired) electrons. The quantitative estimate of drug-likeness (QED) is 0.810. The van der Waals surface area contributed by atoms with Crippen LogP contribution in [0, 0.1) is 11.7 Å². The average molecular weight is 299 g/mol. The molecule has 0 saturated carbocycles. The molecule has 0 aliphatic carbocycles. The second-order valence-corrected chi connectivity index (χ2v) is 5.46. The Kier molecular flexibility index (Phi) is 4.60. The van der Waals surface area contributed by atoms with Gasteiger partial charge in [0, 0.05) is 18.8 Å². The number of piperidine rings is 1. The zero-order valence-corrected chi connectivity index (χ0v) is 11.9. The second-order valence-electron chi connectivity index (χ2n) is 5.06. The minimum absolute atomic E-state index is 0.0953. The normalized spacial score (nSPS) is 16.1. The number of amides is 2. The van der Waals surface area contributed by atoms with Crippen LogP contribution in [0.2, 0.25) is 5.02 Å². The molecule has 1 aliphatic rings. The van der Waals surface area contributed by atoms with Gasteiger partial charge in [-0.1, -0.05) is 18.5 Å². The number of carbonyl (C=O) groups is 2. The lowest BCUT2D eigenvalue weighted by molar-refractivity contribution is -0.144. The number of anilines is 1. The molecule has 1 N–H and O–H groups in total. The summed E-state index contributed by atoms with van der Waals surface area (Å²) in [6.07, 6.45) is 1.81. The molecule has 1 heterocycles. The summed E-state index contributed by atoms with van der Waals surface area (Å²) in [5, 5.41) is 2.34. The van der Waals surface area contributed by atoms with Crippen molar-refractivity contribution in [3.05, 3.63) is 29.0 Å². The third-order valence-corrected chi connectivity index (χ3v) is 3.73. The van der Waals surface area contributed by atoms with Crippen molar-refractivity contribution in [3.63, 3.8) is 0 Å². The molecule has 20 heavy (non-hydrogen) atoms. The number of nitrogens with zero attached hydrogens (tertiary/aromatic N) is 1. The van der Waals surface area contributed by atoms with Crippen LogP contribution in [0.3, 0.4) is 0 Å². The van der Waals surface area contributed by atoms with Crippen molar-refractivity contribution in [1.82, 2.24) is 4.90 Å². The van der Waals surface area contributed by atoms with Crippen LogP contribution in [0.25, 0.3) is 0 Å². The molecule has 6 heteroatoms. The maximum Gasteiger partial charge on any atom is 0.313 e. The Morgan fingerprint density at radius 2 is 2.00 bits per heavy atom. The van der Waals surface area contributed by atoms with E-state index < -0.39 is 17.6 Å². The fourth-order valence-electron chi connectivity index (χ4n) is 2.11. The van der Waals surface area contributed by atoms with Gasteiger partial charge in [0.2, 0.25) is 0 Å². The Bertz CT molecular complexity index is 528. The topological polar surface area (TPSA) is 49.4 Å². The molecule has 2 amide bonds. The Balaban J connectivity index is 1.97. The van der Waals surface area contributed by atoms with Crippen LogP contribution in [-0.4, -0.2) is 29.8 Å². The first-order valence-corrected chi connectivity index (χ1v) is 6.90. The molecule has 0 aromatic heterocycles. The minimum Gasteiger partial charge on any atom is -0.334 e. The fourth-order valence-corrected chi connectivity index (χ4v) is 2.29. The molecule has 1 aromatic carbocycles. The lowest BCUT2D eigenvalue weighted by Gasteiger charge is -2.29. The molecular formula is C14H16ClFN2O2. The highest BCUT2D eigenvalue weighted by Gasteiger charge is 2.25. The summed E-state index contributed by atoms with van der Waals surface area (Å²) in [6, 6.07) is 3.79. The first-order valence-electron chi connectivity index (χ1n) is 6.52. The van der Waals surface area contributed by atoms with E-state index in [1.54, 1.807) is 4.90 Å². The van der Waals surface area contributed by atoms with Crippen LogP contribution in [0.15, 0.2) is 18.2 Å². The van der Waals surface area contributed by atoms with Crippen LogP contribution in [0.5, 0.6) is 0 Å². The molecule has 1 saturated heterocycles. The van der Waals surface area contributed by atoms with Crippen LogP contribution >= 0.6 is 11.6 Å². The van der Waals surface area contributed by atoms with Gasteiger partial charge in [0.15, 0.2) is 0 Å². The van der Waals surface area contributed by atoms with E-state index in [0.717, 1.165) is 18.9 Å². The summed E-state index contributed by atoms with van der Waals surface area (Å²) < 4.78 is 13.0. The molecule has 0 spiro atoms. The minimum atomic E-state index is -0.720. The van der Waals surface area contributed by atoms with E-state index in [0.29, 0.717) is 24.7 Å². The first-order chi connectivity index (χ1) is 9.47. The van der Waals surface area contributed by atoms with Crippen LogP contribution in [0.1, 0.15) is 19.8 Å². The average Bonchev–Trinajstić information content (AvgIpc) is 2.43. The SMILES string of the molecule is CC1CCN(C(=O)C(=O)Nc2ccc(F)c(Cl)c2)CC1. The maximum atomic E-state index is 13.0. The molecule has 0 bridgehead atoms. The molecule has 0 atom stereocenters. The molecule has 108 valence electrons. The van der Waals surface area contributed by atoms with Gasteiger partial charge in [-0.15, -0.1) is 0 Å². The predicted octanol–water partition coefficient (Wildman–Crippen LogP) is 2.68. The first kappa shape index (κ1) is 14.8. The van der Waals surface area contributed by atoms with E-state index in [1.165, 1.54) is 12.1 Å². The Hall–Kier alpha value is -1.62. The van der Waals surface area contributed by atoms with E-state index in [-0.39, 0.29) is 5.02 Å². The van der Waals surface area contributed by atoms with E-state index in [9.17, 15) is 14.0 Å². The molecule has 1 aromatic rings. The van der Waals surface area contributed by atoms with Gasteiger partial charge in [-0.3, -0.25) is 9.59 Å². The molecule has 1 aliphatic heterocycles. The summed E-state index contributed by atoms with van der Waals surface area (Å²) in [7, 11) is 0. The number of hydrogen-bond donors (Lipinski definition) is 1. The molecule has 0 unspecified atom stereocenters. The second kappa shape index (κ2) is 6.22. The van der Waals surface area contributed by atoms with Crippen LogP contribution in [0.4, 0.5) is 10.1 Å². The van der Waals surface area contributed by atoms with E-state index in [2.05, 4.69) is 12.2 Å². The third-order valence-electron chi connectivity index (χ3n) is 3.44. The van der Waals surface area contributed by atoms with Gasteiger partial charge < -0.3 is 10.2 Å². The summed E-state index contributed by atoms with van der Waals surface area (Å²) in [4.78, 5) is 25.4. The fraction of sp³-hybridized carbons (Fsp3) is 0.429.